The number of benzene rings is 1. The second-order valence-electron chi connectivity index (χ2n) is 3.62. The quantitative estimate of drug-likeness (QED) is 0.786. The first-order valence-corrected chi connectivity index (χ1v) is 5.00. The molecule has 3 heteroatoms. The normalized spacial score (nSPS) is 15.2. The van der Waals surface area contributed by atoms with Crippen LogP contribution in [0.3, 0.4) is 0 Å². The van der Waals surface area contributed by atoms with Crippen molar-refractivity contribution in [3.63, 3.8) is 0 Å². The lowest BCUT2D eigenvalue weighted by Crippen LogP contribution is -2.11. The van der Waals surface area contributed by atoms with Gasteiger partial charge in [0.2, 0.25) is 0 Å². The van der Waals surface area contributed by atoms with Gasteiger partial charge in [-0.3, -0.25) is 4.79 Å². The van der Waals surface area contributed by atoms with E-state index in [9.17, 15) is 9.90 Å². The Morgan fingerprint density at radius 2 is 2.07 bits per heavy atom. The molecule has 78 valence electrons. The first-order chi connectivity index (χ1) is 7.25. The largest absolute Gasteiger partial charge is 0.508 e. The van der Waals surface area contributed by atoms with Crippen LogP contribution < -0.4 is 5.32 Å². The van der Waals surface area contributed by atoms with Crippen LogP contribution in [0.5, 0.6) is 5.75 Å². The molecule has 0 radical (unpaired) electrons. The first-order valence-electron chi connectivity index (χ1n) is 5.00. The molecule has 1 aliphatic carbocycles. The van der Waals surface area contributed by atoms with E-state index in [1.165, 1.54) is 0 Å². The summed E-state index contributed by atoms with van der Waals surface area (Å²) in [5.41, 5.74) is 1.81. The maximum atomic E-state index is 11.0. The minimum absolute atomic E-state index is 0.176. The molecule has 0 aliphatic heterocycles. The summed E-state index contributed by atoms with van der Waals surface area (Å²) in [4.78, 5) is 11.0. The zero-order valence-electron chi connectivity index (χ0n) is 8.36. The number of rotatable bonds is 3. The van der Waals surface area contributed by atoms with Crippen molar-refractivity contribution in [2.75, 3.05) is 0 Å². The predicted molar refractivity (Wildman–Crippen MR) is 57.3 cm³/mol. The molecule has 0 saturated carbocycles. The van der Waals surface area contributed by atoms with Crippen LogP contribution in [0.15, 0.2) is 36.0 Å². The van der Waals surface area contributed by atoms with Gasteiger partial charge in [0.15, 0.2) is 5.78 Å². The summed E-state index contributed by atoms with van der Waals surface area (Å²) < 4.78 is 0. The molecular weight excluding hydrogens is 190 g/mol. The van der Waals surface area contributed by atoms with E-state index in [1.54, 1.807) is 18.2 Å². The molecule has 0 unspecified atom stereocenters. The predicted octanol–water partition coefficient (Wildman–Crippen LogP) is 1.73. The molecule has 2 rings (SSSR count). The van der Waals surface area contributed by atoms with Gasteiger partial charge in [-0.15, -0.1) is 0 Å². The van der Waals surface area contributed by atoms with Crippen molar-refractivity contribution in [2.45, 2.75) is 19.4 Å². The van der Waals surface area contributed by atoms with E-state index < -0.39 is 0 Å². The molecule has 0 bridgehead atoms. The number of ketones is 1. The minimum atomic E-state index is 0.176. The van der Waals surface area contributed by atoms with Crippen molar-refractivity contribution >= 4 is 5.78 Å². The smallest absolute Gasteiger partial charge is 0.157 e. The molecule has 1 aromatic carbocycles. The number of nitrogens with one attached hydrogen (secondary N) is 1. The van der Waals surface area contributed by atoms with E-state index in [0.717, 1.165) is 17.7 Å². The van der Waals surface area contributed by atoms with Crippen LogP contribution in [0.4, 0.5) is 0 Å². The molecule has 1 aromatic rings. The Labute approximate surface area is 88.4 Å². The third-order valence-electron chi connectivity index (χ3n) is 2.47. The third kappa shape index (κ3) is 2.37. The fraction of sp³-hybridized carbons (Fsp3) is 0.250. The summed E-state index contributed by atoms with van der Waals surface area (Å²) in [6, 6.07) is 7.19. The molecule has 0 atom stereocenters. The van der Waals surface area contributed by atoms with Crippen molar-refractivity contribution in [1.82, 2.24) is 5.32 Å². The highest BCUT2D eigenvalue weighted by atomic mass is 16.3. The molecule has 0 aromatic heterocycles. The van der Waals surface area contributed by atoms with Crippen LogP contribution in [0, 0.1) is 0 Å². The molecule has 0 spiro atoms. The number of phenolic OH excluding ortho intramolecular Hbond substituents is 1. The highest BCUT2D eigenvalue weighted by molar-refractivity contribution is 5.92. The number of allylic oxidation sites excluding steroid dienone is 2. The Bertz CT molecular complexity index is 410. The summed E-state index contributed by atoms with van der Waals surface area (Å²) >= 11 is 0. The summed E-state index contributed by atoms with van der Waals surface area (Å²) in [7, 11) is 0. The van der Waals surface area contributed by atoms with Crippen molar-refractivity contribution in [1.29, 1.82) is 0 Å². The maximum absolute atomic E-state index is 11.0. The summed E-state index contributed by atoms with van der Waals surface area (Å²) in [6.45, 7) is 0.561. The lowest BCUT2D eigenvalue weighted by Gasteiger charge is -2.07. The second-order valence-corrected chi connectivity index (χ2v) is 3.62. The van der Waals surface area contributed by atoms with Crippen molar-refractivity contribution < 1.29 is 9.90 Å². The summed E-state index contributed by atoms with van der Waals surface area (Å²) in [6.07, 6.45) is 3.02. The van der Waals surface area contributed by atoms with Gasteiger partial charge in [-0.1, -0.05) is 18.2 Å². The first kappa shape index (κ1) is 9.77. The Kier molecular flexibility index (Phi) is 2.72. The van der Waals surface area contributed by atoms with Crippen LogP contribution in [0.25, 0.3) is 0 Å². The van der Waals surface area contributed by atoms with Crippen molar-refractivity contribution in [3.8, 4) is 5.75 Å². The van der Waals surface area contributed by atoms with Gasteiger partial charge < -0.3 is 10.4 Å². The standard InChI is InChI=1S/C12H13NO2/c14-11-6-5-10(7-11)13-8-9-3-1-2-4-12(9)15/h1-4,7,13,15H,5-6,8H2. The van der Waals surface area contributed by atoms with Crippen molar-refractivity contribution in [3.05, 3.63) is 41.6 Å². The molecule has 0 fully saturated rings. The van der Waals surface area contributed by atoms with Gasteiger partial charge in [-0.25, -0.2) is 0 Å². The molecule has 3 nitrogen and oxygen atoms in total. The van der Waals surface area contributed by atoms with E-state index in [-0.39, 0.29) is 11.5 Å². The number of hydrogen-bond acceptors (Lipinski definition) is 3. The fourth-order valence-electron chi connectivity index (χ4n) is 1.61. The molecule has 0 saturated heterocycles. The Hall–Kier alpha value is -1.77. The zero-order valence-corrected chi connectivity index (χ0v) is 8.36. The molecule has 0 amide bonds. The molecular formula is C12H13NO2. The average Bonchev–Trinajstić information content (AvgIpc) is 2.63. The second kappa shape index (κ2) is 4.17. The Morgan fingerprint density at radius 3 is 2.73 bits per heavy atom. The van der Waals surface area contributed by atoms with Gasteiger partial charge >= 0.3 is 0 Å². The van der Waals surface area contributed by atoms with Crippen LogP contribution in [-0.2, 0) is 11.3 Å². The van der Waals surface area contributed by atoms with Gasteiger partial charge in [-0.05, 0) is 12.5 Å². The maximum Gasteiger partial charge on any atom is 0.157 e. The zero-order chi connectivity index (χ0) is 10.7. The molecule has 15 heavy (non-hydrogen) atoms. The summed E-state index contributed by atoms with van der Waals surface area (Å²) in [5.74, 6) is 0.463. The number of phenols is 1. The lowest BCUT2D eigenvalue weighted by molar-refractivity contribution is -0.114. The number of aromatic hydroxyl groups is 1. The highest BCUT2D eigenvalue weighted by Gasteiger charge is 2.11. The number of hydrogen-bond donors (Lipinski definition) is 2. The lowest BCUT2D eigenvalue weighted by atomic mass is 10.2. The van der Waals surface area contributed by atoms with Gasteiger partial charge in [0.1, 0.15) is 5.75 Å². The minimum Gasteiger partial charge on any atom is -0.508 e. The van der Waals surface area contributed by atoms with Gasteiger partial charge in [0.25, 0.3) is 0 Å². The molecule has 1 aliphatic rings. The third-order valence-corrected chi connectivity index (χ3v) is 2.47. The topological polar surface area (TPSA) is 49.3 Å². The molecule has 2 N–H and O–H groups in total. The monoisotopic (exact) mass is 203 g/mol. The number of carbonyl (C=O) groups is 1. The van der Waals surface area contributed by atoms with Crippen LogP contribution in [-0.4, -0.2) is 10.9 Å². The van der Waals surface area contributed by atoms with Gasteiger partial charge in [0, 0.05) is 30.3 Å². The Morgan fingerprint density at radius 1 is 1.27 bits per heavy atom. The van der Waals surface area contributed by atoms with Crippen LogP contribution in [0.2, 0.25) is 0 Å². The average molecular weight is 203 g/mol. The van der Waals surface area contributed by atoms with E-state index in [1.807, 2.05) is 12.1 Å². The fourth-order valence-corrected chi connectivity index (χ4v) is 1.61. The summed E-state index contributed by atoms with van der Waals surface area (Å²) in [5, 5.41) is 12.7. The van der Waals surface area contributed by atoms with Gasteiger partial charge in [-0.2, -0.15) is 0 Å². The van der Waals surface area contributed by atoms with Crippen LogP contribution in [0.1, 0.15) is 18.4 Å². The van der Waals surface area contributed by atoms with Gasteiger partial charge in [0.05, 0.1) is 0 Å². The molecule has 0 heterocycles. The Balaban J connectivity index is 1.97. The SMILES string of the molecule is O=C1C=C(NCc2ccccc2O)CC1. The van der Waals surface area contributed by atoms with E-state index >= 15 is 0 Å². The van der Waals surface area contributed by atoms with E-state index in [2.05, 4.69) is 5.32 Å². The highest BCUT2D eigenvalue weighted by Crippen LogP contribution is 2.17. The number of carbonyl (C=O) groups excluding carboxylic acids is 1. The van der Waals surface area contributed by atoms with Crippen molar-refractivity contribution in [2.24, 2.45) is 0 Å². The number of para-hydroxylation sites is 1. The van der Waals surface area contributed by atoms with Crippen LogP contribution >= 0.6 is 0 Å². The van der Waals surface area contributed by atoms with E-state index in [4.69, 9.17) is 0 Å². The van der Waals surface area contributed by atoms with E-state index in [0.29, 0.717) is 13.0 Å².